The van der Waals surface area contributed by atoms with Gasteiger partial charge in [0.15, 0.2) is 0 Å². The molecule has 0 unspecified atom stereocenters. The lowest BCUT2D eigenvalue weighted by atomic mass is 10.2. The van der Waals surface area contributed by atoms with Crippen LogP contribution in [-0.4, -0.2) is 19.2 Å². The van der Waals surface area contributed by atoms with Crippen LogP contribution in [0.5, 0.6) is 5.75 Å². The molecule has 1 aromatic rings. The number of halogens is 2. The maximum absolute atomic E-state index is 12.9. The molecule has 1 aliphatic rings. The number of unbranched alkanes of at least 4 members (excludes halogenated alkanes) is 2. The monoisotopic (exact) mass is 315 g/mol. The topological polar surface area (TPSA) is 21.3 Å². The van der Waals surface area contributed by atoms with Gasteiger partial charge in [-0.05, 0) is 72.8 Å². The van der Waals surface area contributed by atoms with Crippen molar-refractivity contribution in [2.24, 2.45) is 0 Å². The lowest BCUT2D eigenvalue weighted by Gasteiger charge is -2.08. The molecule has 2 nitrogen and oxygen atoms in total. The Morgan fingerprint density at radius 1 is 1.28 bits per heavy atom. The first-order valence-corrected chi connectivity index (χ1v) is 7.36. The molecule has 0 spiro atoms. The summed E-state index contributed by atoms with van der Waals surface area (Å²) in [6.07, 6.45) is 6.10. The molecular weight excluding hydrogens is 297 g/mol. The van der Waals surface area contributed by atoms with Gasteiger partial charge in [-0.25, -0.2) is 4.39 Å². The molecule has 2 rings (SSSR count). The van der Waals surface area contributed by atoms with Crippen molar-refractivity contribution >= 4 is 15.9 Å². The van der Waals surface area contributed by atoms with E-state index >= 15 is 0 Å². The Hall–Kier alpha value is -0.610. The zero-order chi connectivity index (χ0) is 12.8. The molecule has 1 saturated carbocycles. The molecule has 0 bridgehead atoms. The van der Waals surface area contributed by atoms with E-state index in [0.717, 1.165) is 19.0 Å². The average Bonchev–Trinajstić information content (AvgIpc) is 3.14. The first kappa shape index (κ1) is 13.8. The van der Waals surface area contributed by atoms with Crippen LogP contribution >= 0.6 is 15.9 Å². The zero-order valence-electron chi connectivity index (χ0n) is 10.4. The van der Waals surface area contributed by atoms with E-state index in [9.17, 15) is 4.39 Å². The van der Waals surface area contributed by atoms with Crippen LogP contribution in [0, 0.1) is 5.82 Å². The Morgan fingerprint density at radius 3 is 2.83 bits per heavy atom. The summed E-state index contributed by atoms with van der Waals surface area (Å²) in [6, 6.07) is 5.30. The van der Waals surface area contributed by atoms with E-state index in [1.165, 1.54) is 37.8 Å². The molecule has 1 aliphatic carbocycles. The van der Waals surface area contributed by atoms with Crippen LogP contribution in [0.25, 0.3) is 0 Å². The highest BCUT2D eigenvalue weighted by molar-refractivity contribution is 9.10. The quantitative estimate of drug-likeness (QED) is 0.735. The third-order valence-electron chi connectivity index (χ3n) is 2.98. The van der Waals surface area contributed by atoms with Gasteiger partial charge in [-0.15, -0.1) is 0 Å². The summed E-state index contributed by atoms with van der Waals surface area (Å²) in [4.78, 5) is 0. The van der Waals surface area contributed by atoms with Crippen molar-refractivity contribution in [3.8, 4) is 5.75 Å². The van der Waals surface area contributed by atoms with E-state index in [1.807, 2.05) is 0 Å². The van der Waals surface area contributed by atoms with Crippen molar-refractivity contribution in [3.63, 3.8) is 0 Å². The molecule has 4 heteroatoms. The third-order valence-corrected chi connectivity index (χ3v) is 3.60. The van der Waals surface area contributed by atoms with Crippen LogP contribution in [0.1, 0.15) is 32.1 Å². The molecule has 0 aliphatic heterocycles. The van der Waals surface area contributed by atoms with Gasteiger partial charge in [0.05, 0.1) is 11.1 Å². The van der Waals surface area contributed by atoms with Gasteiger partial charge in [-0.2, -0.15) is 0 Å². The van der Waals surface area contributed by atoms with E-state index < -0.39 is 0 Å². The summed E-state index contributed by atoms with van der Waals surface area (Å²) in [6.45, 7) is 1.80. The molecule has 0 radical (unpaired) electrons. The molecular formula is C14H19BrFNO. The van der Waals surface area contributed by atoms with Crippen molar-refractivity contribution in [1.82, 2.24) is 5.32 Å². The fourth-order valence-electron chi connectivity index (χ4n) is 1.77. The Kier molecular flexibility index (Phi) is 5.45. The van der Waals surface area contributed by atoms with Gasteiger partial charge in [0.2, 0.25) is 0 Å². The van der Waals surface area contributed by atoms with Gasteiger partial charge in [0, 0.05) is 6.04 Å². The molecule has 0 aromatic heterocycles. The first-order chi connectivity index (χ1) is 8.75. The van der Waals surface area contributed by atoms with Crippen molar-refractivity contribution in [1.29, 1.82) is 0 Å². The second-order valence-electron chi connectivity index (χ2n) is 4.71. The molecule has 18 heavy (non-hydrogen) atoms. The maximum atomic E-state index is 12.9. The molecule has 0 saturated heterocycles. The fraction of sp³-hybridized carbons (Fsp3) is 0.571. The standard InChI is InChI=1S/C14H19BrFNO/c15-13-10-11(16)4-7-14(13)18-9-3-1-2-8-17-12-5-6-12/h4,7,10,12,17H,1-3,5-6,8-9H2. The molecule has 0 heterocycles. The molecule has 100 valence electrons. The smallest absolute Gasteiger partial charge is 0.133 e. The van der Waals surface area contributed by atoms with Crippen LogP contribution < -0.4 is 10.1 Å². The number of ether oxygens (including phenoxy) is 1. The van der Waals surface area contributed by atoms with E-state index in [1.54, 1.807) is 6.07 Å². The summed E-state index contributed by atoms with van der Waals surface area (Å²) in [7, 11) is 0. The lowest BCUT2D eigenvalue weighted by molar-refractivity contribution is 0.302. The predicted molar refractivity (Wildman–Crippen MR) is 74.5 cm³/mol. The second kappa shape index (κ2) is 7.10. The number of rotatable bonds is 8. The van der Waals surface area contributed by atoms with Crippen molar-refractivity contribution in [3.05, 3.63) is 28.5 Å². The summed E-state index contributed by atoms with van der Waals surface area (Å²) in [5.74, 6) is 0.466. The highest BCUT2D eigenvalue weighted by Gasteiger charge is 2.19. The molecule has 1 aromatic carbocycles. The predicted octanol–water partition coefficient (Wildman–Crippen LogP) is 3.89. The minimum atomic E-state index is -0.250. The zero-order valence-corrected chi connectivity index (χ0v) is 12.0. The van der Waals surface area contributed by atoms with Crippen LogP contribution in [0.3, 0.4) is 0 Å². The van der Waals surface area contributed by atoms with Crippen molar-refractivity contribution < 1.29 is 9.13 Å². The fourth-order valence-corrected chi connectivity index (χ4v) is 2.24. The highest BCUT2D eigenvalue weighted by atomic mass is 79.9. The molecule has 1 fully saturated rings. The molecule has 1 N–H and O–H groups in total. The van der Waals surface area contributed by atoms with Gasteiger partial charge in [0.1, 0.15) is 11.6 Å². The minimum absolute atomic E-state index is 0.250. The van der Waals surface area contributed by atoms with Crippen LogP contribution in [0.4, 0.5) is 4.39 Å². The van der Waals surface area contributed by atoms with Crippen molar-refractivity contribution in [2.45, 2.75) is 38.1 Å². The number of hydrogen-bond donors (Lipinski definition) is 1. The van der Waals surface area contributed by atoms with Crippen LogP contribution in [0.15, 0.2) is 22.7 Å². The van der Waals surface area contributed by atoms with E-state index in [0.29, 0.717) is 16.8 Å². The van der Waals surface area contributed by atoms with Crippen molar-refractivity contribution in [2.75, 3.05) is 13.2 Å². The van der Waals surface area contributed by atoms with Gasteiger partial charge in [-0.1, -0.05) is 0 Å². The van der Waals surface area contributed by atoms with Crippen LogP contribution in [0.2, 0.25) is 0 Å². The molecule has 0 atom stereocenters. The van der Waals surface area contributed by atoms with Gasteiger partial charge in [-0.3, -0.25) is 0 Å². The van der Waals surface area contributed by atoms with Gasteiger partial charge in [0.25, 0.3) is 0 Å². The van der Waals surface area contributed by atoms with Crippen LogP contribution in [-0.2, 0) is 0 Å². The minimum Gasteiger partial charge on any atom is -0.492 e. The van der Waals surface area contributed by atoms with E-state index in [2.05, 4.69) is 21.2 Å². The number of nitrogens with one attached hydrogen (secondary N) is 1. The summed E-state index contributed by atoms with van der Waals surface area (Å²) >= 11 is 3.29. The Bertz CT molecular complexity index is 382. The highest BCUT2D eigenvalue weighted by Crippen LogP contribution is 2.25. The van der Waals surface area contributed by atoms with Gasteiger partial charge < -0.3 is 10.1 Å². The molecule has 0 amide bonds. The van der Waals surface area contributed by atoms with E-state index in [-0.39, 0.29) is 5.82 Å². The normalized spacial score (nSPS) is 14.8. The Morgan fingerprint density at radius 2 is 2.11 bits per heavy atom. The summed E-state index contributed by atoms with van der Waals surface area (Å²) < 4.78 is 19.1. The number of benzene rings is 1. The Labute approximate surface area is 116 Å². The third kappa shape index (κ3) is 4.94. The largest absolute Gasteiger partial charge is 0.492 e. The average molecular weight is 316 g/mol. The van der Waals surface area contributed by atoms with Gasteiger partial charge >= 0.3 is 0 Å². The maximum Gasteiger partial charge on any atom is 0.133 e. The second-order valence-corrected chi connectivity index (χ2v) is 5.57. The summed E-state index contributed by atoms with van der Waals surface area (Å²) in [5.41, 5.74) is 0. The SMILES string of the molecule is Fc1ccc(OCCCCCNC2CC2)c(Br)c1. The summed E-state index contributed by atoms with van der Waals surface area (Å²) in [5, 5.41) is 3.49. The van der Waals surface area contributed by atoms with E-state index in [4.69, 9.17) is 4.74 Å². The first-order valence-electron chi connectivity index (χ1n) is 6.57. The number of hydrogen-bond acceptors (Lipinski definition) is 2. The Balaban J connectivity index is 1.53. The lowest BCUT2D eigenvalue weighted by Crippen LogP contribution is -2.17.